The fourth-order valence-corrected chi connectivity index (χ4v) is 4.46. The van der Waals surface area contributed by atoms with E-state index in [1.807, 2.05) is 13.8 Å². The molecule has 0 radical (unpaired) electrons. The normalized spacial score (nSPS) is 22.6. The number of hydrogen-bond donors (Lipinski definition) is 2. The predicted octanol–water partition coefficient (Wildman–Crippen LogP) is 2.36. The van der Waals surface area contributed by atoms with Gasteiger partial charge in [-0.15, -0.1) is 0 Å². The van der Waals surface area contributed by atoms with E-state index in [0.717, 1.165) is 18.9 Å². The maximum atomic E-state index is 13.8. The van der Waals surface area contributed by atoms with Crippen LogP contribution in [-0.2, 0) is 12.1 Å². The highest BCUT2D eigenvalue weighted by Gasteiger charge is 2.46. The lowest BCUT2D eigenvalue weighted by Crippen LogP contribution is -2.54. The van der Waals surface area contributed by atoms with Gasteiger partial charge in [0.1, 0.15) is 17.2 Å². The van der Waals surface area contributed by atoms with Crippen LogP contribution in [0.3, 0.4) is 0 Å². The zero-order chi connectivity index (χ0) is 22.5. The predicted molar refractivity (Wildman–Crippen MR) is 108 cm³/mol. The molecular weight excluding hydrogens is 408 g/mol. The minimum atomic E-state index is -0.965. The molecule has 0 aliphatic carbocycles. The monoisotopic (exact) mass is 431 g/mol. The van der Waals surface area contributed by atoms with Crippen molar-refractivity contribution < 1.29 is 23.5 Å². The molecule has 31 heavy (non-hydrogen) atoms. The Hall–Kier alpha value is -3.23. The third-order valence-corrected chi connectivity index (χ3v) is 6.56. The molecule has 1 unspecified atom stereocenters. The number of aromatic hydroxyl groups is 1. The zero-order valence-electron chi connectivity index (χ0n) is 17.2. The Bertz CT molecular complexity index is 1150. The lowest BCUT2D eigenvalue weighted by molar-refractivity contribution is 0.0532. The molecule has 7 nitrogen and oxygen atoms in total. The van der Waals surface area contributed by atoms with Gasteiger partial charge in [0.05, 0.1) is 5.54 Å². The van der Waals surface area contributed by atoms with Crippen LogP contribution in [0.2, 0.25) is 0 Å². The number of carbonyl (C=O) groups is 2. The summed E-state index contributed by atoms with van der Waals surface area (Å²) in [6.07, 6.45) is 2.96. The quantitative estimate of drug-likeness (QED) is 0.781. The van der Waals surface area contributed by atoms with Crippen molar-refractivity contribution in [2.75, 3.05) is 13.1 Å². The van der Waals surface area contributed by atoms with Crippen molar-refractivity contribution in [3.63, 3.8) is 0 Å². The zero-order valence-corrected chi connectivity index (χ0v) is 17.2. The molecular formula is C22H23F2N3O4. The molecule has 4 rings (SSSR count). The second-order valence-electron chi connectivity index (χ2n) is 8.48. The number of benzene rings is 1. The minimum absolute atomic E-state index is 0.0483. The van der Waals surface area contributed by atoms with Crippen molar-refractivity contribution >= 4 is 11.8 Å². The van der Waals surface area contributed by atoms with Gasteiger partial charge < -0.3 is 19.9 Å². The number of aromatic nitrogens is 1. The van der Waals surface area contributed by atoms with Gasteiger partial charge in [-0.2, -0.15) is 0 Å². The van der Waals surface area contributed by atoms with Gasteiger partial charge in [-0.3, -0.25) is 14.4 Å². The number of hydrogen-bond acceptors (Lipinski definition) is 4. The molecule has 9 heteroatoms. The maximum absolute atomic E-state index is 13.8. The Morgan fingerprint density at radius 3 is 2.77 bits per heavy atom. The van der Waals surface area contributed by atoms with E-state index in [-0.39, 0.29) is 29.3 Å². The van der Waals surface area contributed by atoms with Crippen molar-refractivity contribution in [2.24, 2.45) is 5.92 Å². The molecule has 2 N–H and O–H groups in total. The van der Waals surface area contributed by atoms with Crippen LogP contribution in [0.25, 0.3) is 0 Å². The van der Waals surface area contributed by atoms with Gasteiger partial charge in [0, 0.05) is 37.5 Å². The minimum Gasteiger partial charge on any atom is -0.503 e. The highest BCUT2D eigenvalue weighted by molar-refractivity contribution is 5.99. The number of halogens is 2. The molecule has 1 aromatic heterocycles. The Labute approximate surface area is 177 Å². The van der Waals surface area contributed by atoms with Gasteiger partial charge in [-0.25, -0.2) is 8.78 Å². The fourth-order valence-electron chi connectivity index (χ4n) is 4.46. The van der Waals surface area contributed by atoms with E-state index >= 15 is 0 Å². The second kappa shape index (κ2) is 7.47. The van der Waals surface area contributed by atoms with E-state index in [1.54, 1.807) is 9.47 Å². The van der Waals surface area contributed by atoms with Gasteiger partial charge in [0.25, 0.3) is 11.8 Å². The molecule has 2 atom stereocenters. The van der Waals surface area contributed by atoms with E-state index in [1.165, 1.54) is 12.3 Å². The van der Waals surface area contributed by atoms with Gasteiger partial charge in [-0.05, 0) is 31.7 Å². The Balaban J connectivity index is 1.73. The van der Waals surface area contributed by atoms with Crippen LogP contribution in [0.1, 0.15) is 53.1 Å². The largest absolute Gasteiger partial charge is 0.503 e. The van der Waals surface area contributed by atoms with Crippen LogP contribution in [-0.4, -0.2) is 39.5 Å². The molecule has 2 amide bonds. The van der Waals surface area contributed by atoms with Gasteiger partial charge in [-0.1, -0.05) is 13.0 Å². The van der Waals surface area contributed by atoms with Crippen molar-refractivity contribution in [1.82, 2.24) is 14.8 Å². The first-order valence-electron chi connectivity index (χ1n) is 10.1. The number of nitrogens with one attached hydrogen (secondary N) is 1. The van der Waals surface area contributed by atoms with E-state index in [0.29, 0.717) is 19.2 Å². The molecule has 3 heterocycles. The summed E-state index contributed by atoms with van der Waals surface area (Å²) in [5, 5.41) is 13.0. The van der Waals surface area contributed by atoms with Crippen molar-refractivity contribution in [1.29, 1.82) is 0 Å². The van der Waals surface area contributed by atoms with Crippen molar-refractivity contribution in [2.45, 2.75) is 38.8 Å². The summed E-state index contributed by atoms with van der Waals surface area (Å²) in [7, 11) is 0. The van der Waals surface area contributed by atoms with Gasteiger partial charge in [0.2, 0.25) is 5.43 Å². The SMILES string of the molecule is CC1CCCN2C[C@@]1(C)n1cc(C(=O)NCc3ccc(F)cc3F)c(=O)c(O)c1C2=O. The van der Waals surface area contributed by atoms with Crippen molar-refractivity contribution in [3.05, 3.63) is 63.1 Å². The Morgan fingerprint density at radius 2 is 2.06 bits per heavy atom. The molecule has 2 aromatic rings. The molecule has 2 bridgehead atoms. The number of fused-ring (bicyclic) bond motifs is 4. The summed E-state index contributed by atoms with van der Waals surface area (Å²) in [5.74, 6) is -3.47. The Morgan fingerprint density at radius 1 is 1.32 bits per heavy atom. The number of rotatable bonds is 3. The molecule has 0 spiro atoms. The summed E-state index contributed by atoms with van der Waals surface area (Å²) in [6, 6.07) is 2.96. The van der Waals surface area contributed by atoms with Crippen LogP contribution in [0, 0.1) is 17.6 Å². The summed E-state index contributed by atoms with van der Waals surface area (Å²) < 4.78 is 28.5. The standard InChI is InChI=1S/C22H23F2N3O4/c1-12-4-3-7-26-11-22(12,2)27-10-15(18(28)19(29)17(27)21(26)31)20(30)25-9-13-5-6-14(23)8-16(13)24/h5-6,8,10,12,29H,3-4,7,9,11H2,1-2H3,(H,25,30)/t12?,22-/m1/s1. The van der Waals surface area contributed by atoms with Gasteiger partial charge >= 0.3 is 0 Å². The van der Waals surface area contributed by atoms with E-state index in [4.69, 9.17) is 0 Å². The highest BCUT2D eigenvalue weighted by Crippen LogP contribution is 2.39. The molecule has 1 aromatic carbocycles. The van der Waals surface area contributed by atoms with E-state index < -0.39 is 40.2 Å². The summed E-state index contributed by atoms with van der Waals surface area (Å²) >= 11 is 0. The maximum Gasteiger partial charge on any atom is 0.274 e. The molecule has 1 saturated heterocycles. The first-order valence-corrected chi connectivity index (χ1v) is 10.1. The second-order valence-corrected chi connectivity index (χ2v) is 8.48. The lowest BCUT2D eigenvalue weighted by Gasteiger charge is -2.45. The summed E-state index contributed by atoms with van der Waals surface area (Å²) in [6.45, 7) is 4.65. The fraction of sp³-hybridized carbons (Fsp3) is 0.409. The topological polar surface area (TPSA) is 91.6 Å². The average molecular weight is 431 g/mol. The van der Waals surface area contributed by atoms with Crippen molar-refractivity contribution in [3.8, 4) is 5.75 Å². The third kappa shape index (κ3) is 3.37. The number of pyridine rings is 1. The highest BCUT2D eigenvalue weighted by atomic mass is 19.1. The lowest BCUT2D eigenvalue weighted by atomic mass is 9.82. The first kappa shape index (κ1) is 21.0. The smallest absolute Gasteiger partial charge is 0.274 e. The van der Waals surface area contributed by atoms with Crippen LogP contribution >= 0.6 is 0 Å². The van der Waals surface area contributed by atoms with Crippen LogP contribution in [0.15, 0.2) is 29.2 Å². The van der Waals surface area contributed by atoms with E-state index in [2.05, 4.69) is 5.32 Å². The average Bonchev–Trinajstić information content (AvgIpc) is 2.85. The third-order valence-electron chi connectivity index (χ3n) is 6.56. The van der Waals surface area contributed by atoms with Gasteiger partial charge in [0.15, 0.2) is 11.4 Å². The molecule has 2 aliphatic rings. The first-order chi connectivity index (χ1) is 14.6. The van der Waals surface area contributed by atoms with Crippen LogP contribution in [0.4, 0.5) is 8.78 Å². The number of carbonyl (C=O) groups excluding carboxylic acids is 2. The Kier molecular flexibility index (Phi) is 5.07. The molecule has 0 saturated carbocycles. The van der Waals surface area contributed by atoms with Crippen LogP contribution in [0.5, 0.6) is 5.75 Å². The number of amides is 2. The summed E-state index contributed by atoms with van der Waals surface area (Å²) in [4.78, 5) is 40.0. The number of nitrogens with zero attached hydrogens (tertiary/aromatic N) is 2. The molecule has 2 aliphatic heterocycles. The van der Waals surface area contributed by atoms with E-state index in [9.17, 15) is 28.3 Å². The molecule has 1 fully saturated rings. The summed E-state index contributed by atoms with van der Waals surface area (Å²) in [5.41, 5.74) is -1.99. The van der Waals surface area contributed by atoms with Crippen LogP contribution < -0.4 is 10.7 Å². The molecule has 164 valence electrons.